The van der Waals surface area contributed by atoms with Gasteiger partial charge in [-0.2, -0.15) is 0 Å². The molecule has 0 aliphatic heterocycles. The van der Waals surface area contributed by atoms with E-state index in [0.29, 0.717) is 12.2 Å². The smallest absolute Gasteiger partial charge is 0.306 e. The van der Waals surface area contributed by atoms with Crippen molar-refractivity contribution in [3.63, 3.8) is 0 Å². The van der Waals surface area contributed by atoms with Crippen molar-refractivity contribution in [3.8, 4) is 5.75 Å². The van der Waals surface area contributed by atoms with Gasteiger partial charge in [-0.3, -0.25) is 4.79 Å². The van der Waals surface area contributed by atoms with Crippen LogP contribution in [0.1, 0.15) is 6.42 Å². The molecule has 0 unspecified atom stereocenters. The van der Waals surface area contributed by atoms with Gasteiger partial charge in [0.05, 0.1) is 25.5 Å². The fourth-order valence-corrected chi connectivity index (χ4v) is 2.61. The van der Waals surface area contributed by atoms with E-state index in [1.165, 1.54) is 7.11 Å². The Kier molecular flexibility index (Phi) is 5.69. The average Bonchev–Trinajstić information content (AvgIpc) is 2.29. The molecule has 88 valence electrons. The van der Waals surface area contributed by atoms with Crippen LogP contribution in [0.25, 0.3) is 0 Å². The van der Waals surface area contributed by atoms with Gasteiger partial charge in [0.15, 0.2) is 0 Å². The second-order valence-electron chi connectivity index (χ2n) is 2.97. The standard InChI is InChI=1S/C11H13BrO3S/c1-14-9-4-3-8(12)7-10(9)16-6-5-11(13)15-2/h3-4,7H,5-6H2,1-2H3. The molecule has 0 amide bonds. The highest BCUT2D eigenvalue weighted by Crippen LogP contribution is 2.32. The number of carbonyl (C=O) groups is 1. The second-order valence-corrected chi connectivity index (χ2v) is 5.02. The lowest BCUT2D eigenvalue weighted by Gasteiger charge is -2.07. The quantitative estimate of drug-likeness (QED) is 0.618. The number of esters is 1. The van der Waals surface area contributed by atoms with Crippen molar-refractivity contribution in [1.29, 1.82) is 0 Å². The topological polar surface area (TPSA) is 35.5 Å². The molecule has 3 nitrogen and oxygen atoms in total. The molecule has 0 fully saturated rings. The first-order valence-corrected chi connectivity index (χ1v) is 6.48. The van der Waals surface area contributed by atoms with Gasteiger partial charge in [-0.05, 0) is 18.2 Å². The zero-order chi connectivity index (χ0) is 12.0. The summed E-state index contributed by atoms with van der Waals surface area (Å²) in [6.07, 6.45) is 0.400. The second kappa shape index (κ2) is 6.81. The maximum atomic E-state index is 10.9. The molecule has 5 heteroatoms. The minimum Gasteiger partial charge on any atom is -0.496 e. The fraction of sp³-hybridized carbons (Fsp3) is 0.364. The summed E-state index contributed by atoms with van der Waals surface area (Å²) in [5.74, 6) is 1.30. The monoisotopic (exact) mass is 304 g/mol. The lowest BCUT2D eigenvalue weighted by molar-refractivity contribution is -0.140. The Morgan fingerprint density at radius 1 is 1.44 bits per heavy atom. The highest BCUT2D eigenvalue weighted by Gasteiger charge is 2.06. The van der Waals surface area contributed by atoms with Crippen LogP contribution in [0.3, 0.4) is 0 Å². The molecule has 1 aromatic carbocycles. The Labute approximate surface area is 108 Å². The fourth-order valence-electron chi connectivity index (χ4n) is 1.11. The number of hydrogen-bond acceptors (Lipinski definition) is 4. The first-order valence-electron chi connectivity index (χ1n) is 4.70. The largest absolute Gasteiger partial charge is 0.496 e. The molecule has 0 spiro atoms. The van der Waals surface area contributed by atoms with E-state index in [-0.39, 0.29) is 5.97 Å². The van der Waals surface area contributed by atoms with E-state index in [9.17, 15) is 4.79 Å². The minimum atomic E-state index is -0.193. The van der Waals surface area contributed by atoms with Crippen molar-refractivity contribution in [3.05, 3.63) is 22.7 Å². The summed E-state index contributed by atoms with van der Waals surface area (Å²) in [6.45, 7) is 0. The Morgan fingerprint density at radius 2 is 2.19 bits per heavy atom. The Hall–Kier alpha value is -0.680. The molecule has 0 saturated heterocycles. The van der Waals surface area contributed by atoms with Gasteiger partial charge in [0.25, 0.3) is 0 Å². The molecule has 0 aliphatic rings. The van der Waals surface area contributed by atoms with E-state index in [1.54, 1.807) is 18.9 Å². The molecular formula is C11H13BrO3S. The first-order chi connectivity index (χ1) is 7.67. The van der Waals surface area contributed by atoms with Gasteiger partial charge in [0.2, 0.25) is 0 Å². The average molecular weight is 305 g/mol. The first kappa shape index (κ1) is 13.4. The molecule has 0 heterocycles. The minimum absolute atomic E-state index is 0.193. The molecule has 0 N–H and O–H groups in total. The third kappa shape index (κ3) is 4.06. The van der Waals surface area contributed by atoms with Gasteiger partial charge in [-0.25, -0.2) is 0 Å². The summed E-state index contributed by atoms with van der Waals surface area (Å²) < 4.78 is 10.8. The third-order valence-corrected chi connectivity index (χ3v) is 3.45. The number of hydrogen-bond donors (Lipinski definition) is 0. The summed E-state index contributed by atoms with van der Waals surface area (Å²) >= 11 is 4.97. The zero-order valence-corrected chi connectivity index (χ0v) is 11.6. The highest BCUT2D eigenvalue weighted by atomic mass is 79.9. The molecule has 16 heavy (non-hydrogen) atoms. The number of ether oxygens (including phenoxy) is 2. The predicted octanol–water partition coefficient (Wildman–Crippen LogP) is 3.11. The number of rotatable bonds is 5. The van der Waals surface area contributed by atoms with Gasteiger partial charge in [0.1, 0.15) is 5.75 Å². The molecule has 0 saturated carbocycles. The highest BCUT2D eigenvalue weighted by molar-refractivity contribution is 9.10. The van der Waals surface area contributed by atoms with Crippen LogP contribution in [0.15, 0.2) is 27.6 Å². The van der Waals surface area contributed by atoms with Crippen molar-refractivity contribution in [2.45, 2.75) is 11.3 Å². The van der Waals surface area contributed by atoms with Crippen molar-refractivity contribution in [1.82, 2.24) is 0 Å². The predicted molar refractivity (Wildman–Crippen MR) is 68.1 cm³/mol. The summed E-state index contributed by atoms with van der Waals surface area (Å²) in [4.78, 5) is 12.0. The molecule has 0 radical (unpaired) electrons. The van der Waals surface area contributed by atoms with Crippen LogP contribution in [0.5, 0.6) is 5.75 Å². The SMILES string of the molecule is COC(=O)CCSc1cc(Br)ccc1OC. The lowest BCUT2D eigenvalue weighted by Crippen LogP contribution is -2.01. The van der Waals surface area contributed by atoms with Crippen LogP contribution in [-0.2, 0) is 9.53 Å². The van der Waals surface area contributed by atoms with Crippen molar-refractivity contribution < 1.29 is 14.3 Å². The van der Waals surface area contributed by atoms with E-state index in [0.717, 1.165) is 15.1 Å². The molecule has 0 aliphatic carbocycles. The molecular weight excluding hydrogens is 292 g/mol. The molecule has 0 atom stereocenters. The van der Waals surface area contributed by atoms with Gasteiger partial charge >= 0.3 is 5.97 Å². The van der Waals surface area contributed by atoms with Crippen LogP contribution in [0.2, 0.25) is 0 Å². The van der Waals surface area contributed by atoms with E-state index in [2.05, 4.69) is 20.7 Å². The van der Waals surface area contributed by atoms with Crippen molar-refractivity contribution in [2.75, 3.05) is 20.0 Å². The van der Waals surface area contributed by atoms with Crippen molar-refractivity contribution >= 4 is 33.7 Å². The summed E-state index contributed by atoms with van der Waals surface area (Å²) in [7, 11) is 3.03. The van der Waals surface area contributed by atoms with Crippen molar-refractivity contribution in [2.24, 2.45) is 0 Å². The third-order valence-electron chi connectivity index (χ3n) is 1.92. The molecule has 1 aromatic rings. The molecule has 1 rings (SSSR count). The van der Waals surface area contributed by atoms with E-state index < -0.39 is 0 Å². The summed E-state index contributed by atoms with van der Waals surface area (Å²) in [6, 6.07) is 5.79. The molecule has 0 bridgehead atoms. The Bertz CT molecular complexity index is 368. The van der Waals surface area contributed by atoms with Crippen LogP contribution in [0.4, 0.5) is 0 Å². The zero-order valence-electron chi connectivity index (χ0n) is 9.16. The van der Waals surface area contributed by atoms with Gasteiger partial charge < -0.3 is 9.47 Å². The normalized spacial score (nSPS) is 9.94. The van der Waals surface area contributed by atoms with E-state index >= 15 is 0 Å². The lowest BCUT2D eigenvalue weighted by atomic mass is 10.3. The number of benzene rings is 1. The number of carbonyl (C=O) groups excluding carboxylic acids is 1. The van der Waals surface area contributed by atoms with E-state index in [4.69, 9.17) is 4.74 Å². The Morgan fingerprint density at radius 3 is 2.81 bits per heavy atom. The van der Waals surface area contributed by atoms with Crippen LogP contribution in [-0.4, -0.2) is 25.9 Å². The van der Waals surface area contributed by atoms with Gasteiger partial charge in [0, 0.05) is 10.2 Å². The number of halogens is 1. The summed E-state index contributed by atoms with van der Waals surface area (Å²) in [5, 5.41) is 0. The maximum Gasteiger partial charge on any atom is 0.306 e. The number of methoxy groups -OCH3 is 2. The molecule has 0 aromatic heterocycles. The maximum absolute atomic E-state index is 10.9. The van der Waals surface area contributed by atoms with Crippen LogP contribution < -0.4 is 4.74 Å². The van der Waals surface area contributed by atoms with E-state index in [1.807, 2.05) is 18.2 Å². The van der Waals surface area contributed by atoms with Gasteiger partial charge in [-0.1, -0.05) is 15.9 Å². The number of thioether (sulfide) groups is 1. The van der Waals surface area contributed by atoms with Gasteiger partial charge in [-0.15, -0.1) is 11.8 Å². The summed E-state index contributed by atoms with van der Waals surface area (Å²) in [5.41, 5.74) is 0. The van der Waals surface area contributed by atoms with Crippen LogP contribution in [0, 0.1) is 0 Å². The van der Waals surface area contributed by atoms with Crippen LogP contribution >= 0.6 is 27.7 Å². The Balaban J connectivity index is 2.58.